The molecule has 0 aliphatic carbocycles. The zero-order chi connectivity index (χ0) is 15.3. The molecular weight excluding hydrogens is 298 g/mol. The van der Waals surface area contributed by atoms with E-state index in [1.165, 1.54) is 11.3 Å². The smallest absolute Gasteiger partial charge is 0.253 e. The number of hydrogen-bond acceptors (Lipinski definition) is 4. The quantitative estimate of drug-likeness (QED) is 0.807. The molecule has 0 radical (unpaired) electrons. The van der Waals surface area contributed by atoms with E-state index in [1.807, 2.05) is 30.1 Å². The summed E-state index contributed by atoms with van der Waals surface area (Å²) in [6.45, 7) is 2.05. The Kier molecular flexibility index (Phi) is 3.14. The number of hydrogen-bond donors (Lipinski definition) is 0. The van der Waals surface area contributed by atoms with E-state index in [9.17, 15) is 9.59 Å². The first-order chi connectivity index (χ1) is 10.6. The molecule has 1 aromatic carbocycles. The maximum atomic E-state index is 12.7. The lowest BCUT2D eigenvalue weighted by Gasteiger charge is -2.30. The third-order valence-electron chi connectivity index (χ3n) is 4.84. The van der Waals surface area contributed by atoms with Crippen LogP contribution in [0.3, 0.4) is 0 Å². The minimum Gasteiger partial charge on any atom is -0.345 e. The lowest BCUT2D eigenvalue weighted by atomic mass is 9.88. The summed E-state index contributed by atoms with van der Waals surface area (Å²) in [4.78, 5) is 32.8. The number of carbonyl (C=O) groups excluding carboxylic acids is 2. The molecule has 114 valence electrons. The molecule has 0 unspecified atom stereocenters. The van der Waals surface area contributed by atoms with Crippen LogP contribution in [0.4, 0.5) is 0 Å². The predicted molar refractivity (Wildman–Crippen MR) is 84.8 cm³/mol. The van der Waals surface area contributed by atoms with E-state index in [0.717, 1.165) is 23.2 Å². The highest BCUT2D eigenvalue weighted by Crippen LogP contribution is 2.32. The van der Waals surface area contributed by atoms with Crippen molar-refractivity contribution in [1.29, 1.82) is 0 Å². The first-order valence-corrected chi connectivity index (χ1v) is 8.39. The number of fused-ring (bicyclic) bond motifs is 2. The van der Waals surface area contributed by atoms with Gasteiger partial charge in [-0.15, -0.1) is 11.3 Å². The monoisotopic (exact) mass is 315 g/mol. The molecule has 2 aliphatic heterocycles. The van der Waals surface area contributed by atoms with Gasteiger partial charge in [-0.3, -0.25) is 9.59 Å². The Labute approximate surface area is 132 Å². The zero-order valence-electron chi connectivity index (χ0n) is 12.4. The molecule has 5 nitrogen and oxygen atoms in total. The molecule has 2 aromatic rings. The molecule has 4 rings (SSSR count). The summed E-state index contributed by atoms with van der Waals surface area (Å²) in [7, 11) is 1.85. The molecule has 2 amide bonds. The molecule has 3 heterocycles. The number of rotatable bonds is 1. The number of aromatic nitrogens is 1. The summed E-state index contributed by atoms with van der Waals surface area (Å²) >= 11 is 1.54. The second kappa shape index (κ2) is 5.05. The molecule has 0 saturated carbocycles. The first kappa shape index (κ1) is 13.7. The van der Waals surface area contributed by atoms with Crippen molar-refractivity contribution < 1.29 is 9.59 Å². The van der Waals surface area contributed by atoms with Gasteiger partial charge in [0.1, 0.15) is 0 Å². The fourth-order valence-electron chi connectivity index (χ4n) is 3.53. The Bertz CT molecular complexity index is 757. The van der Waals surface area contributed by atoms with Crippen LogP contribution in [0.25, 0.3) is 10.2 Å². The summed E-state index contributed by atoms with van der Waals surface area (Å²) in [5.74, 6) is 0.513. The van der Waals surface area contributed by atoms with Crippen LogP contribution in [-0.2, 0) is 4.79 Å². The van der Waals surface area contributed by atoms with Crippen molar-refractivity contribution in [3.05, 3.63) is 29.3 Å². The van der Waals surface area contributed by atoms with Crippen LogP contribution >= 0.6 is 11.3 Å². The third kappa shape index (κ3) is 2.09. The number of thiazole rings is 1. The lowest BCUT2D eigenvalue weighted by molar-refractivity contribution is -0.137. The number of nitrogens with zero attached hydrogens (tertiary/aromatic N) is 3. The Hall–Kier alpha value is -1.95. The topological polar surface area (TPSA) is 53.5 Å². The van der Waals surface area contributed by atoms with E-state index in [1.54, 1.807) is 10.4 Å². The standard InChI is InChI=1S/C16H17N3O2S/c1-18-5-4-11-7-19(8-12(11)16(18)21)15(20)10-2-3-13-14(6-10)22-9-17-13/h2-3,6,9,11-12H,4-5,7-8H2,1H3/t11-,12+/m1/s1. The molecule has 0 N–H and O–H groups in total. The molecule has 6 heteroatoms. The third-order valence-corrected chi connectivity index (χ3v) is 5.63. The van der Waals surface area contributed by atoms with Crippen molar-refractivity contribution >= 4 is 33.4 Å². The van der Waals surface area contributed by atoms with Gasteiger partial charge in [0.05, 0.1) is 21.6 Å². The normalized spacial score (nSPS) is 24.9. The number of amides is 2. The number of benzene rings is 1. The predicted octanol–water partition coefficient (Wildman–Crippen LogP) is 1.85. The van der Waals surface area contributed by atoms with Crippen molar-refractivity contribution in [2.45, 2.75) is 6.42 Å². The summed E-state index contributed by atoms with van der Waals surface area (Å²) in [5, 5.41) is 0. The number of piperidine rings is 1. The molecule has 1 aromatic heterocycles. The van der Waals surface area contributed by atoms with Crippen LogP contribution in [0.1, 0.15) is 16.8 Å². The highest BCUT2D eigenvalue weighted by atomic mass is 32.1. The number of carbonyl (C=O) groups is 2. The molecule has 0 bridgehead atoms. The minimum absolute atomic E-state index is 0.0187. The van der Waals surface area contributed by atoms with Crippen LogP contribution in [0.2, 0.25) is 0 Å². The summed E-state index contributed by atoms with van der Waals surface area (Å²) in [6.07, 6.45) is 0.991. The molecule has 2 fully saturated rings. The zero-order valence-corrected chi connectivity index (χ0v) is 13.2. The first-order valence-electron chi connectivity index (χ1n) is 7.51. The van der Waals surface area contributed by atoms with Crippen LogP contribution in [0.15, 0.2) is 23.7 Å². The fourth-order valence-corrected chi connectivity index (χ4v) is 4.25. The van der Waals surface area contributed by atoms with Gasteiger partial charge in [0.2, 0.25) is 5.91 Å². The van der Waals surface area contributed by atoms with E-state index in [-0.39, 0.29) is 17.7 Å². The van der Waals surface area contributed by atoms with Gasteiger partial charge < -0.3 is 9.80 Å². The SMILES string of the molecule is CN1CC[C@@H]2CN(C(=O)c3ccc4ncsc4c3)C[C@@H]2C1=O. The van der Waals surface area contributed by atoms with Crippen LogP contribution in [0.5, 0.6) is 0 Å². The van der Waals surface area contributed by atoms with Crippen LogP contribution in [0, 0.1) is 11.8 Å². The Morgan fingerprint density at radius 2 is 2.23 bits per heavy atom. The fraction of sp³-hybridized carbons (Fsp3) is 0.438. The van der Waals surface area contributed by atoms with Gasteiger partial charge in [0.15, 0.2) is 0 Å². The van der Waals surface area contributed by atoms with Crippen molar-refractivity contribution in [3.63, 3.8) is 0 Å². The summed E-state index contributed by atoms with van der Waals surface area (Å²) < 4.78 is 1.03. The minimum atomic E-state index is -0.0187. The summed E-state index contributed by atoms with van der Waals surface area (Å²) in [6, 6.07) is 5.63. The maximum Gasteiger partial charge on any atom is 0.253 e. The molecule has 2 aliphatic rings. The van der Waals surface area contributed by atoms with E-state index < -0.39 is 0 Å². The van der Waals surface area contributed by atoms with E-state index >= 15 is 0 Å². The van der Waals surface area contributed by atoms with Crippen molar-refractivity contribution in [2.75, 3.05) is 26.7 Å². The Morgan fingerprint density at radius 1 is 1.36 bits per heavy atom. The summed E-state index contributed by atoms with van der Waals surface area (Å²) in [5.41, 5.74) is 3.40. The molecule has 2 atom stereocenters. The van der Waals surface area contributed by atoms with Crippen molar-refractivity contribution in [2.24, 2.45) is 11.8 Å². The van der Waals surface area contributed by atoms with Crippen LogP contribution < -0.4 is 0 Å². The number of likely N-dealkylation sites (tertiary alicyclic amines) is 2. The molecular formula is C16H17N3O2S. The van der Waals surface area contributed by atoms with E-state index in [2.05, 4.69) is 4.98 Å². The van der Waals surface area contributed by atoms with Gasteiger partial charge in [-0.25, -0.2) is 4.98 Å². The average Bonchev–Trinajstić information content (AvgIpc) is 3.16. The average molecular weight is 315 g/mol. The van der Waals surface area contributed by atoms with Crippen LogP contribution in [-0.4, -0.2) is 53.3 Å². The molecule has 22 heavy (non-hydrogen) atoms. The highest BCUT2D eigenvalue weighted by Gasteiger charge is 2.43. The maximum absolute atomic E-state index is 12.7. The highest BCUT2D eigenvalue weighted by molar-refractivity contribution is 7.16. The van der Waals surface area contributed by atoms with Crippen molar-refractivity contribution in [1.82, 2.24) is 14.8 Å². The Balaban J connectivity index is 1.57. The van der Waals surface area contributed by atoms with Gasteiger partial charge in [-0.1, -0.05) is 0 Å². The van der Waals surface area contributed by atoms with Gasteiger partial charge in [-0.05, 0) is 30.5 Å². The van der Waals surface area contributed by atoms with Gasteiger partial charge in [0.25, 0.3) is 5.91 Å². The van der Waals surface area contributed by atoms with Gasteiger partial charge in [0, 0.05) is 32.2 Å². The van der Waals surface area contributed by atoms with E-state index in [4.69, 9.17) is 0 Å². The van der Waals surface area contributed by atoms with Gasteiger partial charge >= 0.3 is 0 Å². The lowest BCUT2D eigenvalue weighted by Crippen LogP contribution is -2.42. The largest absolute Gasteiger partial charge is 0.345 e. The van der Waals surface area contributed by atoms with Gasteiger partial charge in [-0.2, -0.15) is 0 Å². The van der Waals surface area contributed by atoms with E-state index in [0.29, 0.717) is 24.6 Å². The second-order valence-corrected chi connectivity index (χ2v) is 7.05. The Morgan fingerprint density at radius 3 is 3.09 bits per heavy atom. The van der Waals surface area contributed by atoms with Crippen molar-refractivity contribution in [3.8, 4) is 0 Å². The molecule has 2 saturated heterocycles. The second-order valence-electron chi connectivity index (χ2n) is 6.16. The molecule has 0 spiro atoms.